The van der Waals surface area contributed by atoms with E-state index in [0.29, 0.717) is 6.54 Å². The van der Waals surface area contributed by atoms with Crippen molar-refractivity contribution in [1.29, 1.82) is 0 Å². The number of nitrogens with one attached hydrogen (secondary N) is 1. The number of nitrogens with zero attached hydrogens (tertiary/aromatic N) is 1. The molecule has 0 aromatic heterocycles. The van der Waals surface area contributed by atoms with Crippen molar-refractivity contribution in [3.63, 3.8) is 0 Å². The van der Waals surface area contributed by atoms with Crippen molar-refractivity contribution in [2.24, 2.45) is 0 Å². The first-order chi connectivity index (χ1) is 8.84. The first-order valence-electron chi connectivity index (χ1n) is 6.30. The van der Waals surface area contributed by atoms with Crippen molar-refractivity contribution >= 4 is 27.5 Å². The Hall–Kier alpha value is -0.910. The van der Waals surface area contributed by atoms with Crippen molar-refractivity contribution in [2.45, 2.75) is 32.4 Å². The third kappa shape index (κ3) is 2.99. The van der Waals surface area contributed by atoms with Gasteiger partial charge in [-0.05, 0) is 44.5 Å². The van der Waals surface area contributed by atoms with Crippen molar-refractivity contribution in [2.75, 3.05) is 18.1 Å². The van der Waals surface area contributed by atoms with Gasteiger partial charge in [0.05, 0.1) is 6.61 Å². The third-order valence-electron chi connectivity index (χ3n) is 3.32. The maximum absolute atomic E-state index is 12.3. The molecule has 0 radical (unpaired) electrons. The van der Waals surface area contributed by atoms with Gasteiger partial charge in [-0.2, -0.15) is 0 Å². The van der Waals surface area contributed by atoms with E-state index in [0.717, 1.165) is 15.7 Å². The summed E-state index contributed by atoms with van der Waals surface area (Å²) in [7, 11) is 0. The molecule has 1 heterocycles. The lowest BCUT2D eigenvalue weighted by atomic mass is 9.97. The fourth-order valence-electron chi connectivity index (χ4n) is 2.38. The minimum absolute atomic E-state index is 0.0800. The molecule has 0 saturated carbocycles. The number of aliphatic hydroxyl groups is 1. The molecule has 104 valence electrons. The van der Waals surface area contributed by atoms with Gasteiger partial charge in [-0.15, -0.1) is 0 Å². The number of hydrogen-bond acceptors (Lipinski definition) is 3. The van der Waals surface area contributed by atoms with Crippen LogP contribution in [-0.4, -0.2) is 35.7 Å². The van der Waals surface area contributed by atoms with E-state index in [2.05, 4.69) is 21.2 Å². The van der Waals surface area contributed by atoms with E-state index in [-0.39, 0.29) is 18.1 Å². The van der Waals surface area contributed by atoms with E-state index >= 15 is 0 Å². The van der Waals surface area contributed by atoms with Gasteiger partial charge in [0.25, 0.3) is 0 Å². The molecule has 2 N–H and O–H groups in total. The molecule has 0 spiro atoms. The summed E-state index contributed by atoms with van der Waals surface area (Å²) in [5.41, 5.74) is 1.74. The number of carbonyl (C=O) groups is 1. The lowest BCUT2D eigenvalue weighted by Crippen LogP contribution is -2.66. The average Bonchev–Trinajstić information content (AvgIpc) is 2.35. The van der Waals surface area contributed by atoms with Gasteiger partial charge >= 0.3 is 0 Å². The van der Waals surface area contributed by atoms with E-state index in [1.54, 1.807) is 4.90 Å². The second-order valence-corrected chi connectivity index (χ2v) is 6.48. The Bertz CT molecular complexity index is 502. The molecule has 1 atom stereocenters. The highest BCUT2D eigenvalue weighted by Crippen LogP contribution is 2.26. The number of hydrogen-bond donors (Lipinski definition) is 2. The standard InChI is InChI=1S/C14H19BrN2O2/c1-9-6-10(4-5-11(9)15)17-8-14(2,3)16-12(7-18)13(17)19/h4-6,12,16,18H,7-8H2,1-3H3. The van der Waals surface area contributed by atoms with Gasteiger partial charge in [-0.1, -0.05) is 15.9 Å². The molecule has 1 aromatic rings. The van der Waals surface area contributed by atoms with Gasteiger partial charge in [0, 0.05) is 22.2 Å². The summed E-state index contributed by atoms with van der Waals surface area (Å²) < 4.78 is 1.02. The van der Waals surface area contributed by atoms with Gasteiger partial charge in [-0.3, -0.25) is 10.1 Å². The van der Waals surface area contributed by atoms with Crippen LogP contribution in [0.4, 0.5) is 5.69 Å². The Morgan fingerprint density at radius 2 is 2.21 bits per heavy atom. The molecule has 4 nitrogen and oxygen atoms in total. The van der Waals surface area contributed by atoms with Crippen molar-refractivity contribution in [3.8, 4) is 0 Å². The Morgan fingerprint density at radius 3 is 2.79 bits per heavy atom. The zero-order valence-corrected chi connectivity index (χ0v) is 13.0. The summed E-state index contributed by atoms with van der Waals surface area (Å²) in [4.78, 5) is 14.1. The van der Waals surface area contributed by atoms with E-state index in [1.165, 1.54) is 0 Å². The average molecular weight is 327 g/mol. The van der Waals surface area contributed by atoms with E-state index in [1.807, 2.05) is 39.0 Å². The molecule has 0 aliphatic carbocycles. The lowest BCUT2D eigenvalue weighted by molar-refractivity contribution is -0.124. The van der Waals surface area contributed by atoms with E-state index < -0.39 is 6.04 Å². The highest BCUT2D eigenvalue weighted by molar-refractivity contribution is 9.10. The number of piperazine rings is 1. The number of aryl methyl sites for hydroxylation is 1. The first kappa shape index (κ1) is 14.5. The predicted octanol–water partition coefficient (Wildman–Crippen LogP) is 1.83. The van der Waals surface area contributed by atoms with Crippen LogP contribution in [0.3, 0.4) is 0 Å². The van der Waals surface area contributed by atoms with Crippen LogP contribution in [0, 0.1) is 6.92 Å². The van der Waals surface area contributed by atoms with Crippen LogP contribution in [0.2, 0.25) is 0 Å². The highest BCUT2D eigenvalue weighted by Gasteiger charge is 2.38. The normalized spacial score (nSPS) is 22.7. The molecule has 1 fully saturated rings. The van der Waals surface area contributed by atoms with Gasteiger partial charge in [0.1, 0.15) is 6.04 Å². The topological polar surface area (TPSA) is 52.6 Å². The Labute approximate surface area is 121 Å². The summed E-state index contributed by atoms with van der Waals surface area (Å²) in [6.07, 6.45) is 0. The summed E-state index contributed by atoms with van der Waals surface area (Å²) in [6.45, 7) is 6.45. The van der Waals surface area contributed by atoms with Crippen LogP contribution in [0.5, 0.6) is 0 Å². The van der Waals surface area contributed by atoms with Gasteiger partial charge in [0.2, 0.25) is 5.91 Å². The zero-order valence-electron chi connectivity index (χ0n) is 11.4. The third-order valence-corrected chi connectivity index (χ3v) is 4.21. The fourth-order valence-corrected chi connectivity index (χ4v) is 2.63. The monoisotopic (exact) mass is 326 g/mol. The molecule has 1 saturated heterocycles. The van der Waals surface area contributed by atoms with Gasteiger partial charge in [-0.25, -0.2) is 0 Å². The van der Waals surface area contributed by atoms with Crippen LogP contribution in [0.25, 0.3) is 0 Å². The maximum atomic E-state index is 12.3. The zero-order chi connectivity index (χ0) is 14.2. The highest BCUT2D eigenvalue weighted by atomic mass is 79.9. The predicted molar refractivity (Wildman–Crippen MR) is 79.3 cm³/mol. The molecule has 2 rings (SSSR count). The minimum atomic E-state index is -0.535. The molecular weight excluding hydrogens is 308 g/mol. The number of rotatable bonds is 2. The van der Waals surface area contributed by atoms with Crippen LogP contribution < -0.4 is 10.2 Å². The van der Waals surface area contributed by atoms with Crippen LogP contribution >= 0.6 is 15.9 Å². The fraction of sp³-hybridized carbons (Fsp3) is 0.500. The van der Waals surface area contributed by atoms with Gasteiger partial charge < -0.3 is 10.0 Å². The smallest absolute Gasteiger partial charge is 0.246 e. The van der Waals surface area contributed by atoms with Crippen LogP contribution in [-0.2, 0) is 4.79 Å². The van der Waals surface area contributed by atoms with Crippen LogP contribution in [0.15, 0.2) is 22.7 Å². The summed E-state index contributed by atoms with van der Waals surface area (Å²) in [5.74, 6) is -0.0800. The Balaban J connectivity index is 2.35. The molecule has 5 heteroatoms. The number of anilines is 1. The second kappa shape index (κ2) is 5.23. The molecule has 19 heavy (non-hydrogen) atoms. The molecular formula is C14H19BrN2O2. The summed E-state index contributed by atoms with van der Waals surface area (Å²) in [6, 6.07) is 5.32. The summed E-state index contributed by atoms with van der Waals surface area (Å²) in [5, 5.41) is 12.5. The molecule has 1 aliphatic rings. The number of amides is 1. The lowest BCUT2D eigenvalue weighted by Gasteiger charge is -2.42. The number of carbonyl (C=O) groups excluding carboxylic acids is 1. The van der Waals surface area contributed by atoms with Gasteiger partial charge in [0.15, 0.2) is 0 Å². The van der Waals surface area contributed by atoms with Crippen molar-refractivity contribution in [3.05, 3.63) is 28.2 Å². The summed E-state index contributed by atoms with van der Waals surface area (Å²) >= 11 is 3.46. The Morgan fingerprint density at radius 1 is 1.53 bits per heavy atom. The van der Waals surface area contributed by atoms with Crippen molar-refractivity contribution < 1.29 is 9.90 Å². The molecule has 0 bridgehead atoms. The number of halogens is 1. The first-order valence-corrected chi connectivity index (χ1v) is 7.09. The molecule has 1 aliphatic heterocycles. The quantitative estimate of drug-likeness (QED) is 0.871. The van der Waals surface area contributed by atoms with E-state index in [9.17, 15) is 9.90 Å². The number of benzene rings is 1. The molecule has 1 unspecified atom stereocenters. The van der Waals surface area contributed by atoms with E-state index in [4.69, 9.17) is 0 Å². The second-order valence-electron chi connectivity index (χ2n) is 5.62. The maximum Gasteiger partial charge on any atom is 0.246 e. The van der Waals surface area contributed by atoms with Crippen molar-refractivity contribution in [1.82, 2.24) is 5.32 Å². The van der Waals surface area contributed by atoms with Crippen LogP contribution in [0.1, 0.15) is 19.4 Å². The molecule has 1 aromatic carbocycles. The number of aliphatic hydroxyl groups excluding tert-OH is 1. The molecule has 1 amide bonds. The Kier molecular flexibility index (Phi) is 3.99. The largest absolute Gasteiger partial charge is 0.394 e. The minimum Gasteiger partial charge on any atom is -0.394 e. The SMILES string of the molecule is Cc1cc(N2CC(C)(C)NC(CO)C2=O)ccc1Br.